The molecule has 1 aliphatic rings. The quantitative estimate of drug-likeness (QED) is 0.798. The average molecular weight is 204 g/mol. The molecule has 0 amide bonds. The molecule has 1 saturated heterocycles. The van der Waals surface area contributed by atoms with Crippen molar-refractivity contribution in [3.63, 3.8) is 0 Å². The highest BCUT2D eigenvalue weighted by molar-refractivity contribution is 5.52. The summed E-state index contributed by atoms with van der Waals surface area (Å²) in [6, 6.07) is 3.93. The second-order valence-electron chi connectivity index (χ2n) is 3.72. The summed E-state index contributed by atoms with van der Waals surface area (Å²) in [5.74, 6) is 0.666. The SMILES string of the molecule is COc1ccc(C=C2CCCNC2)cn1. The topological polar surface area (TPSA) is 34.1 Å². The van der Waals surface area contributed by atoms with Gasteiger partial charge in [-0.2, -0.15) is 0 Å². The average Bonchev–Trinajstić information content (AvgIpc) is 2.31. The maximum Gasteiger partial charge on any atom is 0.212 e. The summed E-state index contributed by atoms with van der Waals surface area (Å²) in [6.07, 6.45) is 6.48. The second-order valence-corrected chi connectivity index (χ2v) is 3.72. The van der Waals surface area contributed by atoms with E-state index >= 15 is 0 Å². The lowest BCUT2D eigenvalue weighted by molar-refractivity contribution is 0.398. The van der Waals surface area contributed by atoms with E-state index in [0.717, 1.165) is 18.7 Å². The van der Waals surface area contributed by atoms with Crippen molar-refractivity contribution in [2.24, 2.45) is 0 Å². The van der Waals surface area contributed by atoms with Crippen molar-refractivity contribution in [1.29, 1.82) is 0 Å². The molecule has 1 fully saturated rings. The maximum absolute atomic E-state index is 5.02. The first-order chi connectivity index (χ1) is 7.38. The van der Waals surface area contributed by atoms with E-state index in [0.29, 0.717) is 5.88 Å². The summed E-state index contributed by atoms with van der Waals surface area (Å²) in [5.41, 5.74) is 2.60. The molecule has 3 nitrogen and oxygen atoms in total. The van der Waals surface area contributed by atoms with Crippen LogP contribution in [0, 0.1) is 0 Å². The van der Waals surface area contributed by atoms with Gasteiger partial charge in [0, 0.05) is 18.8 Å². The van der Waals surface area contributed by atoms with Crippen molar-refractivity contribution in [3.8, 4) is 5.88 Å². The number of nitrogens with zero attached hydrogens (tertiary/aromatic N) is 1. The first kappa shape index (κ1) is 10.2. The number of methoxy groups -OCH3 is 1. The number of hydrogen-bond acceptors (Lipinski definition) is 3. The lowest BCUT2D eigenvalue weighted by atomic mass is 10.0. The third-order valence-electron chi connectivity index (χ3n) is 2.54. The number of rotatable bonds is 2. The molecular weight excluding hydrogens is 188 g/mol. The molecule has 15 heavy (non-hydrogen) atoms. The molecule has 0 atom stereocenters. The lowest BCUT2D eigenvalue weighted by Crippen LogP contribution is -2.23. The van der Waals surface area contributed by atoms with Gasteiger partial charge in [0.05, 0.1) is 7.11 Å². The van der Waals surface area contributed by atoms with Crippen molar-refractivity contribution < 1.29 is 4.74 Å². The predicted molar refractivity (Wildman–Crippen MR) is 60.9 cm³/mol. The third kappa shape index (κ3) is 2.80. The first-order valence-electron chi connectivity index (χ1n) is 5.29. The molecule has 0 aliphatic carbocycles. The minimum absolute atomic E-state index is 0.666. The molecule has 2 rings (SSSR count). The van der Waals surface area contributed by atoms with Crippen LogP contribution in [0.3, 0.4) is 0 Å². The van der Waals surface area contributed by atoms with Crippen LogP contribution < -0.4 is 10.1 Å². The first-order valence-corrected chi connectivity index (χ1v) is 5.29. The molecule has 0 aromatic carbocycles. The highest BCUT2D eigenvalue weighted by Crippen LogP contribution is 2.14. The summed E-state index contributed by atoms with van der Waals surface area (Å²) < 4.78 is 5.02. The van der Waals surface area contributed by atoms with Crippen molar-refractivity contribution in [3.05, 3.63) is 29.5 Å². The van der Waals surface area contributed by atoms with Gasteiger partial charge in [-0.1, -0.05) is 11.6 Å². The van der Waals surface area contributed by atoms with Gasteiger partial charge in [0.15, 0.2) is 0 Å². The molecule has 0 radical (unpaired) electrons. The zero-order valence-corrected chi connectivity index (χ0v) is 8.99. The van der Waals surface area contributed by atoms with Crippen LogP contribution in [0.25, 0.3) is 6.08 Å². The van der Waals surface area contributed by atoms with E-state index in [9.17, 15) is 0 Å². The highest BCUT2D eigenvalue weighted by Gasteiger charge is 2.04. The molecule has 0 saturated carbocycles. The standard InChI is InChI=1S/C12H16N2O/c1-15-12-5-4-11(9-14-12)7-10-3-2-6-13-8-10/h4-5,7,9,13H,2-3,6,8H2,1H3. The molecule has 0 unspecified atom stereocenters. The highest BCUT2D eigenvalue weighted by atomic mass is 16.5. The van der Waals surface area contributed by atoms with Crippen molar-refractivity contribution >= 4 is 6.08 Å². The van der Waals surface area contributed by atoms with Crippen molar-refractivity contribution in [2.75, 3.05) is 20.2 Å². The van der Waals surface area contributed by atoms with Crippen LogP contribution in [0.2, 0.25) is 0 Å². The fourth-order valence-electron chi connectivity index (χ4n) is 1.73. The van der Waals surface area contributed by atoms with E-state index in [-0.39, 0.29) is 0 Å². The molecule has 3 heteroatoms. The maximum atomic E-state index is 5.02. The fourth-order valence-corrected chi connectivity index (χ4v) is 1.73. The van der Waals surface area contributed by atoms with Crippen LogP contribution in [0.1, 0.15) is 18.4 Å². The Morgan fingerprint density at radius 2 is 2.40 bits per heavy atom. The van der Waals surface area contributed by atoms with E-state index < -0.39 is 0 Å². The van der Waals surface area contributed by atoms with E-state index in [4.69, 9.17) is 4.74 Å². The van der Waals surface area contributed by atoms with Gasteiger partial charge in [0.25, 0.3) is 0 Å². The second kappa shape index (κ2) is 4.94. The number of piperidine rings is 1. The van der Waals surface area contributed by atoms with Crippen LogP contribution in [0.5, 0.6) is 5.88 Å². The molecule has 1 aromatic heterocycles. The zero-order valence-electron chi connectivity index (χ0n) is 8.99. The van der Waals surface area contributed by atoms with Gasteiger partial charge in [0.2, 0.25) is 5.88 Å². The van der Waals surface area contributed by atoms with Gasteiger partial charge >= 0.3 is 0 Å². The number of pyridine rings is 1. The van der Waals surface area contributed by atoms with Gasteiger partial charge in [0.1, 0.15) is 0 Å². The van der Waals surface area contributed by atoms with Gasteiger partial charge in [-0.05, 0) is 31.0 Å². The minimum Gasteiger partial charge on any atom is -0.481 e. The van der Waals surface area contributed by atoms with Crippen LogP contribution in [0.4, 0.5) is 0 Å². The summed E-state index contributed by atoms with van der Waals surface area (Å²) in [7, 11) is 1.63. The molecule has 80 valence electrons. The molecule has 1 aromatic rings. The number of aromatic nitrogens is 1. The molecular formula is C12H16N2O. The smallest absolute Gasteiger partial charge is 0.212 e. The van der Waals surface area contributed by atoms with Crippen LogP contribution in [-0.2, 0) is 0 Å². The third-order valence-corrected chi connectivity index (χ3v) is 2.54. The largest absolute Gasteiger partial charge is 0.481 e. The van der Waals surface area contributed by atoms with Crippen molar-refractivity contribution in [2.45, 2.75) is 12.8 Å². The van der Waals surface area contributed by atoms with Gasteiger partial charge in [-0.3, -0.25) is 0 Å². The zero-order chi connectivity index (χ0) is 10.5. The Kier molecular flexibility index (Phi) is 3.35. The van der Waals surface area contributed by atoms with E-state index in [1.165, 1.54) is 18.4 Å². The number of nitrogens with one attached hydrogen (secondary N) is 1. The van der Waals surface area contributed by atoms with Gasteiger partial charge in [-0.15, -0.1) is 0 Å². The molecule has 2 heterocycles. The van der Waals surface area contributed by atoms with Gasteiger partial charge < -0.3 is 10.1 Å². The Bertz CT molecular complexity index is 335. The molecule has 0 bridgehead atoms. The van der Waals surface area contributed by atoms with Gasteiger partial charge in [-0.25, -0.2) is 4.98 Å². The molecule has 1 N–H and O–H groups in total. The molecule has 1 aliphatic heterocycles. The monoisotopic (exact) mass is 204 g/mol. The van der Waals surface area contributed by atoms with Crippen LogP contribution in [0.15, 0.2) is 23.9 Å². The van der Waals surface area contributed by atoms with E-state index in [2.05, 4.69) is 16.4 Å². The van der Waals surface area contributed by atoms with Crippen molar-refractivity contribution in [1.82, 2.24) is 10.3 Å². The summed E-state index contributed by atoms with van der Waals surface area (Å²) in [6.45, 7) is 2.14. The van der Waals surface area contributed by atoms with Crippen LogP contribution >= 0.6 is 0 Å². The normalized spacial score (nSPS) is 19.1. The Balaban J connectivity index is 2.08. The molecule has 0 spiro atoms. The summed E-state index contributed by atoms with van der Waals surface area (Å²) in [4.78, 5) is 4.18. The predicted octanol–water partition coefficient (Wildman–Crippen LogP) is 1.86. The minimum atomic E-state index is 0.666. The van der Waals surface area contributed by atoms with Crippen LogP contribution in [-0.4, -0.2) is 25.2 Å². The fraction of sp³-hybridized carbons (Fsp3) is 0.417. The number of ether oxygens (including phenoxy) is 1. The van der Waals surface area contributed by atoms with E-state index in [1.807, 2.05) is 18.3 Å². The lowest BCUT2D eigenvalue weighted by Gasteiger charge is -2.15. The Morgan fingerprint density at radius 3 is 3.00 bits per heavy atom. The van der Waals surface area contributed by atoms with E-state index in [1.54, 1.807) is 7.11 Å². The Morgan fingerprint density at radius 1 is 1.47 bits per heavy atom. The summed E-state index contributed by atoms with van der Waals surface area (Å²) >= 11 is 0. The Labute approximate surface area is 90.2 Å². The summed E-state index contributed by atoms with van der Waals surface area (Å²) in [5, 5.41) is 3.36. The number of hydrogen-bond donors (Lipinski definition) is 1. The Hall–Kier alpha value is -1.35.